The van der Waals surface area contributed by atoms with Gasteiger partial charge < -0.3 is 10.1 Å². The van der Waals surface area contributed by atoms with Crippen LogP contribution in [0.15, 0.2) is 30.0 Å². The number of benzene rings is 1. The zero-order valence-electron chi connectivity index (χ0n) is 8.17. The first-order chi connectivity index (χ1) is 7.66. The molecular formula is C10H8N2O4. The van der Waals surface area contributed by atoms with E-state index in [-0.39, 0.29) is 12.4 Å². The number of nitro groups is 1. The van der Waals surface area contributed by atoms with Gasteiger partial charge in [-0.3, -0.25) is 10.1 Å². The number of hydrogen-bond acceptors (Lipinski definition) is 5. The fourth-order valence-corrected chi connectivity index (χ4v) is 1.30. The number of nitro benzene ring substituents is 1. The van der Waals surface area contributed by atoms with E-state index in [1.54, 1.807) is 18.2 Å². The van der Waals surface area contributed by atoms with Gasteiger partial charge in [0.1, 0.15) is 5.70 Å². The lowest BCUT2D eigenvalue weighted by Crippen LogP contribution is -2.05. The van der Waals surface area contributed by atoms with Crippen LogP contribution in [0.2, 0.25) is 0 Å². The summed E-state index contributed by atoms with van der Waals surface area (Å²) in [6.45, 7) is 0.164. The Labute approximate surface area is 90.7 Å². The molecule has 0 bridgehead atoms. The number of rotatable bonds is 2. The Balaban J connectivity index is 2.22. The summed E-state index contributed by atoms with van der Waals surface area (Å²) in [6.07, 6.45) is 1.58. The maximum Gasteiger partial charge on any atom is 0.356 e. The van der Waals surface area contributed by atoms with Gasteiger partial charge in [-0.15, -0.1) is 0 Å². The maximum absolute atomic E-state index is 11.1. The molecule has 0 atom stereocenters. The third-order valence-electron chi connectivity index (χ3n) is 2.10. The quantitative estimate of drug-likeness (QED) is 0.348. The van der Waals surface area contributed by atoms with E-state index in [9.17, 15) is 14.9 Å². The van der Waals surface area contributed by atoms with Gasteiger partial charge in [-0.2, -0.15) is 0 Å². The van der Waals surface area contributed by atoms with Crippen LogP contribution in [-0.2, 0) is 9.53 Å². The highest BCUT2D eigenvalue weighted by atomic mass is 16.6. The smallest absolute Gasteiger partial charge is 0.356 e. The van der Waals surface area contributed by atoms with Gasteiger partial charge in [-0.25, -0.2) is 4.79 Å². The van der Waals surface area contributed by atoms with Crippen molar-refractivity contribution in [3.8, 4) is 0 Å². The number of nitrogens with one attached hydrogen (secondary N) is 1. The summed E-state index contributed by atoms with van der Waals surface area (Å²) in [6, 6.07) is 5.90. The first kappa shape index (κ1) is 10.2. The van der Waals surface area contributed by atoms with Crippen molar-refractivity contribution in [1.29, 1.82) is 0 Å². The van der Waals surface area contributed by atoms with Gasteiger partial charge in [0.25, 0.3) is 5.69 Å². The molecule has 82 valence electrons. The van der Waals surface area contributed by atoms with Crippen LogP contribution >= 0.6 is 0 Å². The number of non-ortho nitro benzene ring substituents is 1. The van der Waals surface area contributed by atoms with E-state index in [1.807, 2.05) is 0 Å². The lowest BCUT2D eigenvalue weighted by Gasteiger charge is -1.95. The van der Waals surface area contributed by atoms with Gasteiger partial charge in [0.15, 0.2) is 6.73 Å². The Morgan fingerprint density at radius 3 is 2.56 bits per heavy atom. The first-order valence-electron chi connectivity index (χ1n) is 4.54. The van der Waals surface area contributed by atoms with Crippen LogP contribution in [0, 0.1) is 10.1 Å². The van der Waals surface area contributed by atoms with Crippen LogP contribution in [0.1, 0.15) is 5.56 Å². The maximum atomic E-state index is 11.1. The average molecular weight is 220 g/mol. The highest BCUT2D eigenvalue weighted by molar-refractivity contribution is 5.94. The minimum Gasteiger partial charge on any atom is -0.440 e. The summed E-state index contributed by atoms with van der Waals surface area (Å²) in [4.78, 5) is 21.0. The van der Waals surface area contributed by atoms with Gasteiger partial charge >= 0.3 is 5.97 Å². The van der Waals surface area contributed by atoms with Crippen LogP contribution in [-0.4, -0.2) is 17.6 Å². The topological polar surface area (TPSA) is 81.5 Å². The number of carbonyl (C=O) groups excluding carboxylic acids is 1. The van der Waals surface area contributed by atoms with Gasteiger partial charge in [0.05, 0.1) is 4.92 Å². The van der Waals surface area contributed by atoms with Gasteiger partial charge in [-0.05, 0) is 23.8 Å². The number of hydrogen-bond donors (Lipinski definition) is 1. The zero-order valence-corrected chi connectivity index (χ0v) is 8.17. The second-order valence-corrected chi connectivity index (χ2v) is 3.16. The van der Waals surface area contributed by atoms with Crippen LogP contribution in [0.4, 0.5) is 5.69 Å². The zero-order chi connectivity index (χ0) is 11.5. The molecule has 0 radical (unpaired) electrons. The van der Waals surface area contributed by atoms with Crippen molar-refractivity contribution in [3.05, 3.63) is 45.6 Å². The molecule has 1 aromatic carbocycles. The summed E-state index contributed by atoms with van der Waals surface area (Å²) < 4.78 is 4.67. The van der Waals surface area contributed by atoms with Gasteiger partial charge in [-0.1, -0.05) is 0 Å². The van der Waals surface area contributed by atoms with Gasteiger partial charge in [0, 0.05) is 12.1 Å². The molecule has 0 amide bonds. The molecule has 1 fully saturated rings. The fourth-order valence-electron chi connectivity index (χ4n) is 1.30. The molecule has 0 aliphatic carbocycles. The normalized spacial score (nSPS) is 17.0. The van der Waals surface area contributed by atoms with E-state index >= 15 is 0 Å². The lowest BCUT2D eigenvalue weighted by molar-refractivity contribution is -0.384. The van der Waals surface area contributed by atoms with Crippen molar-refractivity contribution in [2.24, 2.45) is 0 Å². The molecule has 1 aromatic rings. The number of carbonyl (C=O) groups is 1. The second kappa shape index (κ2) is 4.01. The van der Waals surface area contributed by atoms with Crippen molar-refractivity contribution in [1.82, 2.24) is 5.32 Å². The predicted octanol–water partition coefficient (Wildman–Crippen LogP) is 1.04. The second-order valence-electron chi connectivity index (χ2n) is 3.16. The van der Waals surface area contributed by atoms with Crippen LogP contribution in [0.25, 0.3) is 6.08 Å². The molecular weight excluding hydrogens is 212 g/mol. The molecule has 1 aliphatic heterocycles. The van der Waals surface area contributed by atoms with Crippen molar-refractivity contribution in [2.45, 2.75) is 0 Å². The molecule has 0 aromatic heterocycles. The standard InChI is InChI=1S/C10H8N2O4/c13-10-9(11-6-16-10)5-7-1-3-8(4-2-7)12(14)15/h1-5,11H,6H2/b9-5+. The van der Waals surface area contributed by atoms with Crippen LogP contribution in [0.5, 0.6) is 0 Å². The number of nitrogens with zero attached hydrogens (tertiary/aromatic N) is 1. The fraction of sp³-hybridized carbons (Fsp3) is 0.100. The van der Waals surface area contributed by atoms with Crippen molar-refractivity contribution < 1.29 is 14.5 Å². The molecule has 2 rings (SSSR count). The molecule has 1 heterocycles. The Morgan fingerprint density at radius 2 is 2.06 bits per heavy atom. The molecule has 0 saturated carbocycles. The summed E-state index contributed by atoms with van der Waals surface area (Å²) in [7, 11) is 0. The molecule has 1 N–H and O–H groups in total. The SMILES string of the molecule is O=C1OCN/C1=C/c1ccc([N+](=O)[O-])cc1. The first-order valence-corrected chi connectivity index (χ1v) is 4.54. The highest BCUT2D eigenvalue weighted by Crippen LogP contribution is 2.15. The van der Waals surface area contributed by atoms with E-state index in [0.717, 1.165) is 0 Å². The summed E-state index contributed by atoms with van der Waals surface area (Å²) in [5.74, 6) is -0.418. The lowest BCUT2D eigenvalue weighted by atomic mass is 10.2. The monoisotopic (exact) mass is 220 g/mol. The van der Waals surface area contributed by atoms with Gasteiger partial charge in [0.2, 0.25) is 0 Å². The predicted molar refractivity (Wildman–Crippen MR) is 55.2 cm³/mol. The minimum absolute atomic E-state index is 0.0177. The molecule has 6 heteroatoms. The molecule has 0 spiro atoms. The number of esters is 1. The molecule has 6 nitrogen and oxygen atoms in total. The third-order valence-corrected chi connectivity index (χ3v) is 2.10. The minimum atomic E-state index is -0.473. The van der Waals surface area contributed by atoms with Crippen LogP contribution in [0.3, 0.4) is 0 Å². The van der Waals surface area contributed by atoms with Crippen molar-refractivity contribution in [3.63, 3.8) is 0 Å². The van der Waals surface area contributed by atoms with E-state index in [1.165, 1.54) is 12.1 Å². The Morgan fingerprint density at radius 1 is 1.38 bits per heavy atom. The van der Waals surface area contributed by atoms with E-state index in [2.05, 4.69) is 10.1 Å². The summed E-state index contributed by atoms with van der Waals surface area (Å²) in [5.41, 5.74) is 1.07. The summed E-state index contributed by atoms with van der Waals surface area (Å²) >= 11 is 0. The highest BCUT2D eigenvalue weighted by Gasteiger charge is 2.17. The molecule has 1 saturated heterocycles. The Bertz CT molecular complexity index is 464. The van der Waals surface area contributed by atoms with Crippen molar-refractivity contribution >= 4 is 17.7 Å². The van der Waals surface area contributed by atoms with E-state index < -0.39 is 10.9 Å². The summed E-state index contributed by atoms with van der Waals surface area (Å²) in [5, 5.41) is 13.2. The van der Waals surface area contributed by atoms with Crippen LogP contribution < -0.4 is 5.32 Å². The third kappa shape index (κ3) is 2.00. The molecule has 1 aliphatic rings. The number of cyclic esters (lactones) is 1. The Kier molecular flexibility index (Phi) is 2.55. The van der Waals surface area contributed by atoms with Crippen molar-refractivity contribution in [2.75, 3.05) is 6.73 Å². The average Bonchev–Trinajstić information content (AvgIpc) is 2.65. The largest absolute Gasteiger partial charge is 0.440 e. The van der Waals surface area contributed by atoms with E-state index in [0.29, 0.717) is 11.3 Å². The van der Waals surface area contributed by atoms with E-state index in [4.69, 9.17) is 0 Å². The molecule has 16 heavy (non-hydrogen) atoms. The Hall–Kier alpha value is -2.37. The molecule has 0 unspecified atom stereocenters. The number of ether oxygens (including phenoxy) is 1.